The number of rotatable bonds is 2. The summed E-state index contributed by atoms with van der Waals surface area (Å²) in [7, 11) is 0. The van der Waals surface area contributed by atoms with Crippen molar-refractivity contribution in [3.05, 3.63) is 137 Å². The summed E-state index contributed by atoms with van der Waals surface area (Å²) in [4.78, 5) is 0. The Morgan fingerprint density at radius 3 is 2.21 bits per heavy atom. The average molecular weight is 361 g/mol. The normalized spacial score (nSPS) is 22.8. The van der Waals surface area contributed by atoms with Gasteiger partial charge >= 0.3 is 0 Å². The number of hydrogen-bond donors (Lipinski definition) is 0. The monoisotopic (exact) mass is 360 g/mol. The molecule has 0 nitrogen and oxygen atoms in total. The number of hydrogen-bond acceptors (Lipinski definition) is 0. The van der Waals surface area contributed by atoms with Gasteiger partial charge in [0.1, 0.15) is 0 Å². The van der Waals surface area contributed by atoms with Crippen LogP contribution >= 0.6 is 0 Å². The lowest BCUT2D eigenvalue weighted by molar-refractivity contribution is 0.759. The molecule has 0 spiro atoms. The van der Waals surface area contributed by atoms with Gasteiger partial charge < -0.3 is 0 Å². The fourth-order valence-corrected chi connectivity index (χ4v) is 4.88. The molecule has 0 saturated carbocycles. The molecule has 0 radical (unpaired) electrons. The molecule has 0 fully saturated rings. The first-order valence-corrected chi connectivity index (χ1v) is 10.1. The van der Waals surface area contributed by atoms with Crippen molar-refractivity contribution < 1.29 is 0 Å². The standard InChI is InChI=1S/C28H24/c1-21-12-11-15-23(20-21)28(22-13-5-4-6-14-22)26-18-8-3-2-7-16-24(26)25-17-9-10-19-27(25)28/h4-20H,2-3H2,1H3/b16-7-,18-8-. The van der Waals surface area contributed by atoms with E-state index in [0.717, 1.165) is 12.8 Å². The molecule has 3 aromatic carbocycles. The van der Waals surface area contributed by atoms with Gasteiger partial charge in [-0.2, -0.15) is 0 Å². The van der Waals surface area contributed by atoms with Gasteiger partial charge in [-0.3, -0.25) is 0 Å². The molecular formula is C28H24. The zero-order chi connectivity index (χ0) is 19.0. The number of aryl methyl sites for hydroxylation is 1. The largest absolute Gasteiger partial charge is 0.0839 e. The van der Waals surface area contributed by atoms with E-state index >= 15 is 0 Å². The van der Waals surface area contributed by atoms with Crippen molar-refractivity contribution >= 4 is 5.57 Å². The predicted octanol–water partition coefficient (Wildman–Crippen LogP) is 7.00. The zero-order valence-corrected chi connectivity index (χ0v) is 16.2. The van der Waals surface area contributed by atoms with Gasteiger partial charge in [0, 0.05) is 0 Å². The van der Waals surface area contributed by atoms with Gasteiger partial charge in [0.05, 0.1) is 5.41 Å². The van der Waals surface area contributed by atoms with Crippen LogP contribution in [0.25, 0.3) is 5.57 Å². The lowest BCUT2D eigenvalue weighted by Gasteiger charge is -2.35. The van der Waals surface area contributed by atoms with E-state index in [1.807, 2.05) is 0 Å². The van der Waals surface area contributed by atoms with Gasteiger partial charge in [0.25, 0.3) is 0 Å². The minimum absolute atomic E-state index is 0.280. The van der Waals surface area contributed by atoms with Crippen LogP contribution in [0.4, 0.5) is 0 Å². The van der Waals surface area contributed by atoms with E-state index in [1.54, 1.807) is 0 Å². The first-order chi connectivity index (χ1) is 13.8. The van der Waals surface area contributed by atoms with Crippen molar-refractivity contribution in [3.63, 3.8) is 0 Å². The average Bonchev–Trinajstić information content (AvgIpc) is 2.98. The topological polar surface area (TPSA) is 0 Å². The highest BCUT2D eigenvalue weighted by molar-refractivity contribution is 5.91. The maximum absolute atomic E-state index is 2.38. The van der Waals surface area contributed by atoms with E-state index in [9.17, 15) is 0 Å². The van der Waals surface area contributed by atoms with Crippen molar-refractivity contribution in [1.29, 1.82) is 0 Å². The summed E-state index contributed by atoms with van der Waals surface area (Å²) in [6, 6.07) is 29.0. The lowest BCUT2D eigenvalue weighted by atomic mass is 9.66. The molecule has 0 heterocycles. The molecule has 0 N–H and O–H groups in total. The fourth-order valence-electron chi connectivity index (χ4n) is 4.88. The highest BCUT2D eigenvalue weighted by Crippen LogP contribution is 2.55. The third-order valence-corrected chi connectivity index (χ3v) is 6.04. The van der Waals surface area contributed by atoms with Crippen LogP contribution in [0.1, 0.15) is 40.7 Å². The van der Waals surface area contributed by atoms with Crippen molar-refractivity contribution in [2.45, 2.75) is 25.2 Å². The molecule has 0 heteroatoms. The predicted molar refractivity (Wildman–Crippen MR) is 118 cm³/mol. The minimum Gasteiger partial charge on any atom is -0.0839 e. The fraction of sp³-hybridized carbons (Fsp3) is 0.143. The second-order valence-electron chi connectivity index (χ2n) is 7.74. The molecule has 28 heavy (non-hydrogen) atoms. The SMILES string of the molecule is Cc1cccc(C2(c3ccccc3)C3=C(/C=C\CC/C=C\3)c3ccccc32)c1. The van der Waals surface area contributed by atoms with Crippen LogP contribution in [0.15, 0.2) is 109 Å². The number of benzene rings is 3. The third kappa shape index (κ3) is 2.45. The zero-order valence-electron chi connectivity index (χ0n) is 16.2. The second-order valence-corrected chi connectivity index (χ2v) is 7.74. The van der Waals surface area contributed by atoms with Crippen molar-refractivity contribution in [3.8, 4) is 0 Å². The van der Waals surface area contributed by atoms with Crippen LogP contribution < -0.4 is 0 Å². The first-order valence-electron chi connectivity index (χ1n) is 10.1. The Labute approximate surface area is 167 Å². The Bertz CT molecular complexity index is 1110. The molecule has 0 bridgehead atoms. The van der Waals surface area contributed by atoms with Gasteiger partial charge in [-0.1, -0.05) is 109 Å². The van der Waals surface area contributed by atoms with Gasteiger partial charge in [0.2, 0.25) is 0 Å². The molecule has 1 atom stereocenters. The van der Waals surface area contributed by atoms with E-state index in [4.69, 9.17) is 0 Å². The van der Waals surface area contributed by atoms with Crippen molar-refractivity contribution in [2.24, 2.45) is 0 Å². The first kappa shape index (κ1) is 17.0. The Morgan fingerprint density at radius 1 is 0.679 bits per heavy atom. The second kappa shape index (κ2) is 6.80. The van der Waals surface area contributed by atoms with E-state index in [0.29, 0.717) is 0 Å². The molecule has 3 aromatic rings. The molecule has 2 aliphatic rings. The molecule has 1 unspecified atom stereocenters. The van der Waals surface area contributed by atoms with E-state index < -0.39 is 0 Å². The Balaban J connectivity index is 1.95. The van der Waals surface area contributed by atoms with Crippen LogP contribution in [0.3, 0.4) is 0 Å². The number of fused-ring (bicyclic) bond motifs is 2. The molecule has 5 rings (SSSR count). The maximum Gasteiger partial charge on any atom is 0.0713 e. The van der Waals surface area contributed by atoms with Gasteiger partial charge in [-0.15, -0.1) is 0 Å². The third-order valence-electron chi connectivity index (χ3n) is 6.04. The summed E-state index contributed by atoms with van der Waals surface area (Å²) in [5, 5.41) is 0. The molecule has 0 aromatic heterocycles. The minimum atomic E-state index is -0.280. The molecule has 0 amide bonds. The summed E-state index contributed by atoms with van der Waals surface area (Å²) in [6.45, 7) is 2.19. The molecule has 2 aliphatic carbocycles. The van der Waals surface area contributed by atoms with Crippen LogP contribution in [0.2, 0.25) is 0 Å². The molecule has 136 valence electrons. The quantitative estimate of drug-likeness (QED) is 0.461. The Kier molecular flexibility index (Phi) is 4.13. The van der Waals surface area contributed by atoms with Crippen molar-refractivity contribution in [1.82, 2.24) is 0 Å². The van der Waals surface area contributed by atoms with Crippen LogP contribution in [-0.4, -0.2) is 0 Å². The summed E-state index contributed by atoms with van der Waals surface area (Å²) in [5.41, 5.74) is 9.17. The molecule has 0 aliphatic heterocycles. The Hall–Kier alpha value is -3.12. The van der Waals surface area contributed by atoms with E-state index in [-0.39, 0.29) is 5.41 Å². The van der Waals surface area contributed by atoms with Crippen LogP contribution in [0.5, 0.6) is 0 Å². The summed E-state index contributed by atoms with van der Waals surface area (Å²) >= 11 is 0. The summed E-state index contributed by atoms with van der Waals surface area (Å²) in [6.07, 6.45) is 11.6. The molecular weight excluding hydrogens is 336 g/mol. The van der Waals surface area contributed by atoms with E-state index in [1.165, 1.54) is 39.0 Å². The smallest absolute Gasteiger partial charge is 0.0713 e. The van der Waals surface area contributed by atoms with Crippen molar-refractivity contribution in [2.75, 3.05) is 0 Å². The molecule has 0 saturated heterocycles. The van der Waals surface area contributed by atoms with Gasteiger partial charge in [0.15, 0.2) is 0 Å². The van der Waals surface area contributed by atoms with E-state index in [2.05, 4.69) is 110 Å². The van der Waals surface area contributed by atoms with Crippen LogP contribution in [-0.2, 0) is 5.41 Å². The lowest BCUT2D eigenvalue weighted by Crippen LogP contribution is -2.29. The Morgan fingerprint density at radius 2 is 1.39 bits per heavy atom. The maximum atomic E-state index is 2.38. The van der Waals surface area contributed by atoms with Gasteiger partial charge in [-0.05, 0) is 53.2 Å². The van der Waals surface area contributed by atoms with Crippen LogP contribution in [0, 0.1) is 6.92 Å². The highest BCUT2D eigenvalue weighted by Gasteiger charge is 2.46. The van der Waals surface area contributed by atoms with Gasteiger partial charge in [-0.25, -0.2) is 0 Å². The number of allylic oxidation sites excluding steroid dienone is 6. The highest BCUT2D eigenvalue weighted by atomic mass is 14.5. The summed E-state index contributed by atoms with van der Waals surface area (Å²) < 4.78 is 0. The summed E-state index contributed by atoms with van der Waals surface area (Å²) in [5.74, 6) is 0.